The third-order valence-corrected chi connectivity index (χ3v) is 2.63. The van der Waals surface area contributed by atoms with E-state index < -0.39 is 0 Å². The Labute approximate surface area is 105 Å². The van der Waals surface area contributed by atoms with E-state index in [9.17, 15) is 0 Å². The summed E-state index contributed by atoms with van der Waals surface area (Å²) < 4.78 is 10.4. The van der Waals surface area contributed by atoms with Crippen molar-refractivity contribution in [2.24, 2.45) is 0 Å². The minimum absolute atomic E-state index is 0.387. The fraction of sp³-hybridized carbons (Fsp3) is 0.333. The van der Waals surface area contributed by atoms with Gasteiger partial charge in [-0.25, -0.2) is 4.98 Å². The Hall–Kier alpha value is -2.24. The number of nitrogens with two attached hydrogens (primary N) is 1. The van der Waals surface area contributed by atoms with E-state index in [1.807, 2.05) is 24.0 Å². The quantitative estimate of drug-likeness (QED) is 0.867. The van der Waals surface area contributed by atoms with Crippen LogP contribution in [0.2, 0.25) is 0 Å². The first-order valence-electron chi connectivity index (χ1n) is 5.68. The number of aromatic nitrogens is 2. The number of hydrogen-bond donors (Lipinski definition) is 1. The molecule has 0 aliphatic heterocycles. The van der Waals surface area contributed by atoms with E-state index in [2.05, 4.69) is 9.97 Å². The van der Waals surface area contributed by atoms with Gasteiger partial charge in [0.1, 0.15) is 17.8 Å². The first-order valence-corrected chi connectivity index (χ1v) is 5.68. The van der Waals surface area contributed by atoms with Crippen LogP contribution in [0.3, 0.4) is 0 Å². The molecule has 2 heterocycles. The fourth-order valence-electron chi connectivity index (χ4n) is 1.71. The van der Waals surface area contributed by atoms with Crippen LogP contribution in [0.15, 0.2) is 29.1 Å². The predicted molar refractivity (Wildman–Crippen MR) is 68.4 cm³/mol. The summed E-state index contributed by atoms with van der Waals surface area (Å²) in [6.45, 7) is 3.38. The van der Waals surface area contributed by atoms with E-state index in [-0.39, 0.29) is 0 Å². The Morgan fingerprint density at radius 2 is 2.28 bits per heavy atom. The van der Waals surface area contributed by atoms with Gasteiger partial charge in [-0.3, -0.25) is 0 Å². The molecule has 0 saturated carbocycles. The number of methoxy groups -OCH3 is 1. The summed E-state index contributed by atoms with van der Waals surface area (Å²) >= 11 is 0. The molecule has 2 N–H and O–H groups in total. The number of nitrogen functional groups attached to an aromatic ring is 1. The van der Waals surface area contributed by atoms with Crippen molar-refractivity contribution in [2.75, 3.05) is 24.3 Å². The Balaban J connectivity index is 2.27. The molecule has 0 saturated heterocycles. The molecule has 0 aromatic carbocycles. The molecule has 0 spiro atoms. The van der Waals surface area contributed by atoms with Crippen LogP contribution < -0.4 is 15.4 Å². The monoisotopic (exact) mass is 248 g/mol. The Bertz CT molecular complexity index is 499. The molecule has 2 aromatic rings. The largest absolute Gasteiger partial charge is 0.479 e. The summed E-state index contributed by atoms with van der Waals surface area (Å²) in [5.41, 5.74) is 6.42. The zero-order valence-corrected chi connectivity index (χ0v) is 10.5. The van der Waals surface area contributed by atoms with Gasteiger partial charge in [-0.2, -0.15) is 4.98 Å². The van der Waals surface area contributed by atoms with Crippen LogP contribution in [0.5, 0.6) is 5.88 Å². The van der Waals surface area contributed by atoms with Gasteiger partial charge in [-0.05, 0) is 19.1 Å². The highest BCUT2D eigenvalue weighted by Crippen LogP contribution is 2.28. The standard InChI is InChI=1S/C12H16N4O2/c1-3-16(7-9-5-4-6-18-9)11-10(13)12(17-2)15-8-14-11/h4-6,8H,3,7,13H2,1-2H3. The van der Waals surface area contributed by atoms with Crippen LogP contribution in [0.1, 0.15) is 12.7 Å². The molecule has 2 aromatic heterocycles. The molecule has 18 heavy (non-hydrogen) atoms. The molecular formula is C12H16N4O2. The van der Waals surface area contributed by atoms with Crippen molar-refractivity contribution >= 4 is 11.5 Å². The highest BCUT2D eigenvalue weighted by atomic mass is 16.5. The lowest BCUT2D eigenvalue weighted by molar-refractivity contribution is 0.399. The number of rotatable bonds is 5. The van der Waals surface area contributed by atoms with Crippen molar-refractivity contribution in [3.8, 4) is 5.88 Å². The summed E-state index contributed by atoms with van der Waals surface area (Å²) in [6.07, 6.45) is 3.09. The van der Waals surface area contributed by atoms with Crippen LogP contribution in [-0.4, -0.2) is 23.6 Å². The Kier molecular flexibility index (Phi) is 3.66. The van der Waals surface area contributed by atoms with E-state index >= 15 is 0 Å². The first-order chi connectivity index (χ1) is 8.76. The predicted octanol–water partition coefficient (Wildman–Crippen LogP) is 1.69. The minimum atomic E-state index is 0.387. The molecular weight excluding hydrogens is 232 g/mol. The maximum Gasteiger partial charge on any atom is 0.242 e. The van der Waals surface area contributed by atoms with Crippen LogP contribution in [0.25, 0.3) is 0 Å². The lowest BCUT2D eigenvalue weighted by Gasteiger charge is -2.22. The smallest absolute Gasteiger partial charge is 0.242 e. The lowest BCUT2D eigenvalue weighted by atomic mass is 10.3. The summed E-state index contributed by atoms with van der Waals surface area (Å²) in [5, 5.41) is 0. The number of hydrogen-bond acceptors (Lipinski definition) is 6. The molecule has 2 rings (SSSR count). The summed E-state index contributed by atoms with van der Waals surface area (Å²) in [6, 6.07) is 3.77. The number of furan rings is 1. The summed E-state index contributed by atoms with van der Waals surface area (Å²) in [5.74, 6) is 1.90. The van der Waals surface area contributed by atoms with E-state index in [0.717, 1.165) is 12.3 Å². The van der Waals surface area contributed by atoms with Crippen molar-refractivity contribution in [3.63, 3.8) is 0 Å². The van der Waals surface area contributed by atoms with E-state index in [4.69, 9.17) is 14.9 Å². The van der Waals surface area contributed by atoms with Gasteiger partial charge in [0.05, 0.1) is 19.9 Å². The number of ether oxygens (including phenoxy) is 1. The molecule has 0 aliphatic rings. The molecule has 0 atom stereocenters. The van der Waals surface area contributed by atoms with Crippen molar-refractivity contribution in [2.45, 2.75) is 13.5 Å². The topological polar surface area (TPSA) is 77.4 Å². The highest BCUT2D eigenvalue weighted by Gasteiger charge is 2.15. The molecule has 96 valence electrons. The van der Waals surface area contributed by atoms with Crippen molar-refractivity contribution in [1.29, 1.82) is 0 Å². The number of anilines is 2. The van der Waals surface area contributed by atoms with Gasteiger partial charge in [0.15, 0.2) is 5.82 Å². The van der Waals surface area contributed by atoms with E-state index in [1.165, 1.54) is 13.4 Å². The SMILES string of the molecule is CCN(Cc1ccco1)c1ncnc(OC)c1N. The van der Waals surface area contributed by atoms with E-state index in [1.54, 1.807) is 6.26 Å². The molecule has 0 unspecified atom stereocenters. The van der Waals surface area contributed by atoms with Crippen molar-refractivity contribution in [3.05, 3.63) is 30.5 Å². The third kappa shape index (κ3) is 2.37. The van der Waals surface area contributed by atoms with Crippen LogP contribution in [0.4, 0.5) is 11.5 Å². The van der Waals surface area contributed by atoms with Gasteiger partial charge in [-0.15, -0.1) is 0 Å². The van der Waals surface area contributed by atoms with Gasteiger partial charge in [0, 0.05) is 6.54 Å². The van der Waals surface area contributed by atoms with Gasteiger partial charge in [0.25, 0.3) is 0 Å². The summed E-state index contributed by atoms with van der Waals surface area (Å²) in [7, 11) is 1.53. The Morgan fingerprint density at radius 1 is 1.44 bits per heavy atom. The normalized spacial score (nSPS) is 10.3. The second kappa shape index (κ2) is 5.39. The zero-order chi connectivity index (χ0) is 13.0. The maximum atomic E-state index is 5.98. The molecule has 0 amide bonds. The molecule has 0 aliphatic carbocycles. The summed E-state index contributed by atoms with van der Waals surface area (Å²) in [4.78, 5) is 10.2. The molecule has 6 heteroatoms. The molecule has 0 bridgehead atoms. The zero-order valence-electron chi connectivity index (χ0n) is 10.5. The Morgan fingerprint density at radius 3 is 2.89 bits per heavy atom. The number of nitrogens with zero attached hydrogens (tertiary/aromatic N) is 3. The van der Waals surface area contributed by atoms with Gasteiger partial charge >= 0.3 is 0 Å². The first kappa shape index (κ1) is 12.2. The van der Waals surface area contributed by atoms with Gasteiger partial charge in [-0.1, -0.05) is 0 Å². The average molecular weight is 248 g/mol. The molecule has 6 nitrogen and oxygen atoms in total. The average Bonchev–Trinajstić information content (AvgIpc) is 2.89. The molecule has 0 radical (unpaired) electrons. The van der Waals surface area contributed by atoms with Crippen LogP contribution in [-0.2, 0) is 6.54 Å². The highest BCUT2D eigenvalue weighted by molar-refractivity contribution is 5.67. The third-order valence-electron chi connectivity index (χ3n) is 2.63. The van der Waals surface area contributed by atoms with Gasteiger partial charge < -0.3 is 19.8 Å². The minimum Gasteiger partial charge on any atom is -0.479 e. The second-order valence-electron chi connectivity index (χ2n) is 3.71. The van der Waals surface area contributed by atoms with Crippen LogP contribution in [0, 0.1) is 0 Å². The fourth-order valence-corrected chi connectivity index (χ4v) is 1.71. The van der Waals surface area contributed by atoms with Crippen molar-refractivity contribution < 1.29 is 9.15 Å². The van der Waals surface area contributed by atoms with Crippen LogP contribution >= 0.6 is 0 Å². The van der Waals surface area contributed by atoms with Crippen molar-refractivity contribution in [1.82, 2.24) is 9.97 Å². The second-order valence-corrected chi connectivity index (χ2v) is 3.71. The maximum absolute atomic E-state index is 5.98. The van der Waals surface area contributed by atoms with Gasteiger partial charge in [0.2, 0.25) is 5.88 Å². The molecule has 0 fully saturated rings. The van der Waals surface area contributed by atoms with E-state index in [0.29, 0.717) is 23.9 Å². The lowest BCUT2D eigenvalue weighted by Crippen LogP contribution is -2.24.